The molecule has 2 aromatic rings. The number of imidazole rings is 1. The number of hydrogen-bond donors (Lipinski definition) is 1. The lowest BCUT2D eigenvalue weighted by atomic mass is 10.2. The van der Waals surface area contributed by atoms with Crippen molar-refractivity contribution in [3.05, 3.63) is 47.8 Å². The Kier molecular flexibility index (Phi) is 5.11. The number of nitrogens with zero attached hydrogens (tertiary/aromatic N) is 3. The van der Waals surface area contributed by atoms with Crippen molar-refractivity contribution in [3.8, 4) is 5.69 Å². The van der Waals surface area contributed by atoms with Crippen LogP contribution in [-0.4, -0.2) is 38.7 Å². The number of likely N-dealkylation sites (tertiary alicyclic amines) is 1. The van der Waals surface area contributed by atoms with E-state index in [4.69, 9.17) is 0 Å². The molecular formula is C18H19FN4O3. The van der Waals surface area contributed by atoms with Gasteiger partial charge in [-0.15, -0.1) is 0 Å². The van der Waals surface area contributed by atoms with Gasteiger partial charge in [-0.2, -0.15) is 0 Å². The second-order valence-electron chi connectivity index (χ2n) is 6.10. The Balaban J connectivity index is 1.54. The summed E-state index contributed by atoms with van der Waals surface area (Å²) in [6.45, 7) is 2.03. The highest BCUT2D eigenvalue weighted by Crippen LogP contribution is 2.17. The molecule has 7 nitrogen and oxygen atoms in total. The fourth-order valence-electron chi connectivity index (χ4n) is 2.86. The van der Waals surface area contributed by atoms with E-state index in [9.17, 15) is 18.8 Å². The number of rotatable bonds is 6. The number of carbonyl (C=O) groups is 3. The molecule has 26 heavy (non-hydrogen) atoms. The van der Waals surface area contributed by atoms with Crippen LogP contribution in [0, 0.1) is 12.7 Å². The van der Waals surface area contributed by atoms with Gasteiger partial charge in [0.1, 0.15) is 11.6 Å². The smallest absolute Gasteiger partial charge is 0.229 e. The first kappa shape index (κ1) is 17.8. The maximum Gasteiger partial charge on any atom is 0.229 e. The summed E-state index contributed by atoms with van der Waals surface area (Å²) < 4.78 is 16.0. The standard InChI is InChI=1S/C18H19FN4O3/c1-12-20-7-9-22(12)15-3-2-13(10-14(15)19)11-21-16(24)6-8-23-17(25)4-5-18(23)26/h2-3,7,9-10H,4-6,8,11H2,1H3,(H,21,24). The minimum absolute atomic E-state index is 0.0340. The summed E-state index contributed by atoms with van der Waals surface area (Å²) in [5, 5.41) is 2.67. The predicted molar refractivity (Wildman–Crippen MR) is 90.7 cm³/mol. The average Bonchev–Trinajstić information content (AvgIpc) is 3.17. The minimum atomic E-state index is -0.411. The van der Waals surface area contributed by atoms with E-state index in [1.165, 1.54) is 6.07 Å². The Morgan fingerprint density at radius 2 is 2.00 bits per heavy atom. The molecule has 0 bridgehead atoms. The van der Waals surface area contributed by atoms with Gasteiger partial charge < -0.3 is 9.88 Å². The number of aromatic nitrogens is 2. The molecule has 1 aliphatic rings. The molecule has 3 amide bonds. The van der Waals surface area contributed by atoms with Gasteiger partial charge in [0.05, 0.1) is 5.69 Å². The Bertz CT molecular complexity index is 846. The first-order valence-corrected chi connectivity index (χ1v) is 8.34. The number of amides is 3. The van der Waals surface area contributed by atoms with E-state index >= 15 is 0 Å². The van der Waals surface area contributed by atoms with Crippen molar-refractivity contribution in [1.82, 2.24) is 19.8 Å². The van der Waals surface area contributed by atoms with Crippen LogP contribution in [0.5, 0.6) is 0 Å². The Morgan fingerprint density at radius 3 is 2.62 bits per heavy atom. The van der Waals surface area contributed by atoms with Gasteiger partial charge in [0, 0.05) is 44.7 Å². The van der Waals surface area contributed by atoms with Gasteiger partial charge in [0.15, 0.2) is 0 Å². The van der Waals surface area contributed by atoms with Gasteiger partial charge in [0.25, 0.3) is 0 Å². The van der Waals surface area contributed by atoms with E-state index in [1.807, 2.05) is 0 Å². The lowest BCUT2D eigenvalue weighted by molar-refractivity contribution is -0.138. The van der Waals surface area contributed by atoms with Crippen molar-refractivity contribution >= 4 is 17.7 Å². The monoisotopic (exact) mass is 358 g/mol. The van der Waals surface area contributed by atoms with Crippen molar-refractivity contribution in [3.63, 3.8) is 0 Å². The van der Waals surface area contributed by atoms with Crippen LogP contribution in [0.2, 0.25) is 0 Å². The summed E-state index contributed by atoms with van der Waals surface area (Å²) >= 11 is 0. The molecule has 1 fully saturated rings. The van der Waals surface area contributed by atoms with Crippen molar-refractivity contribution in [1.29, 1.82) is 0 Å². The molecule has 0 spiro atoms. The van der Waals surface area contributed by atoms with Crippen LogP contribution in [-0.2, 0) is 20.9 Å². The van der Waals surface area contributed by atoms with E-state index in [0.29, 0.717) is 17.1 Å². The van der Waals surface area contributed by atoms with Crippen LogP contribution in [0.4, 0.5) is 4.39 Å². The van der Waals surface area contributed by atoms with E-state index in [1.54, 1.807) is 36.0 Å². The number of nitrogens with one attached hydrogen (secondary N) is 1. The van der Waals surface area contributed by atoms with Gasteiger partial charge >= 0.3 is 0 Å². The molecule has 136 valence electrons. The molecule has 1 aromatic carbocycles. The minimum Gasteiger partial charge on any atom is -0.352 e. The highest BCUT2D eigenvalue weighted by Gasteiger charge is 2.28. The molecular weight excluding hydrogens is 339 g/mol. The number of aryl methyl sites for hydroxylation is 1. The van der Waals surface area contributed by atoms with Gasteiger partial charge in [-0.3, -0.25) is 19.3 Å². The molecule has 0 radical (unpaired) electrons. The second kappa shape index (κ2) is 7.47. The SMILES string of the molecule is Cc1nccn1-c1ccc(CNC(=O)CCN2C(=O)CCC2=O)cc1F. The average molecular weight is 358 g/mol. The van der Waals surface area contributed by atoms with Crippen LogP contribution >= 0.6 is 0 Å². The fraction of sp³-hybridized carbons (Fsp3) is 0.333. The fourth-order valence-corrected chi connectivity index (χ4v) is 2.86. The zero-order chi connectivity index (χ0) is 18.7. The molecule has 1 aromatic heterocycles. The lowest BCUT2D eigenvalue weighted by Gasteiger charge is -2.13. The highest BCUT2D eigenvalue weighted by atomic mass is 19.1. The van der Waals surface area contributed by atoms with Crippen molar-refractivity contribution < 1.29 is 18.8 Å². The van der Waals surface area contributed by atoms with Crippen LogP contribution < -0.4 is 5.32 Å². The van der Waals surface area contributed by atoms with Gasteiger partial charge in [-0.1, -0.05) is 6.07 Å². The third-order valence-corrected chi connectivity index (χ3v) is 4.30. The summed E-state index contributed by atoms with van der Waals surface area (Å²) in [5.74, 6) is -0.514. The van der Waals surface area contributed by atoms with Crippen molar-refractivity contribution in [2.75, 3.05) is 6.54 Å². The zero-order valence-electron chi connectivity index (χ0n) is 14.4. The molecule has 0 atom stereocenters. The largest absolute Gasteiger partial charge is 0.352 e. The number of hydrogen-bond acceptors (Lipinski definition) is 4. The summed E-state index contributed by atoms with van der Waals surface area (Å²) in [7, 11) is 0. The molecule has 0 aliphatic carbocycles. The van der Waals surface area contributed by atoms with Gasteiger partial charge in [-0.25, -0.2) is 9.37 Å². The van der Waals surface area contributed by atoms with E-state index in [2.05, 4.69) is 10.3 Å². The Hall–Kier alpha value is -3.03. The molecule has 3 rings (SSSR count). The molecule has 0 saturated carbocycles. The number of benzene rings is 1. The predicted octanol–water partition coefficient (Wildman–Crippen LogP) is 1.48. The van der Waals surface area contributed by atoms with Gasteiger partial charge in [0.2, 0.25) is 17.7 Å². The van der Waals surface area contributed by atoms with E-state index in [0.717, 1.165) is 4.90 Å². The molecule has 1 aliphatic heterocycles. The van der Waals surface area contributed by atoms with Gasteiger partial charge in [-0.05, 0) is 24.6 Å². The Morgan fingerprint density at radius 1 is 1.27 bits per heavy atom. The summed E-state index contributed by atoms with van der Waals surface area (Å²) in [4.78, 5) is 40.1. The molecule has 2 heterocycles. The third-order valence-electron chi connectivity index (χ3n) is 4.30. The van der Waals surface area contributed by atoms with Crippen LogP contribution in [0.1, 0.15) is 30.7 Å². The van der Waals surface area contributed by atoms with E-state index in [-0.39, 0.29) is 50.1 Å². The number of carbonyl (C=O) groups excluding carboxylic acids is 3. The first-order valence-electron chi connectivity index (χ1n) is 8.34. The molecule has 1 saturated heterocycles. The van der Waals surface area contributed by atoms with Crippen LogP contribution in [0.25, 0.3) is 5.69 Å². The number of imide groups is 1. The van der Waals surface area contributed by atoms with Crippen molar-refractivity contribution in [2.24, 2.45) is 0 Å². The maximum atomic E-state index is 14.3. The second-order valence-corrected chi connectivity index (χ2v) is 6.10. The maximum absolute atomic E-state index is 14.3. The van der Waals surface area contributed by atoms with E-state index < -0.39 is 5.82 Å². The topological polar surface area (TPSA) is 84.3 Å². The van der Waals surface area contributed by atoms with Crippen LogP contribution in [0.15, 0.2) is 30.6 Å². The van der Waals surface area contributed by atoms with Crippen LogP contribution in [0.3, 0.4) is 0 Å². The summed E-state index contributed by atoms with van der Waals surface area (Å²) in [5.41, 5.74) is 1.01. The third kappa shape index (κ3) is 3.79. The zero-order valence-corrected chi connectivity index (χ0v) is 14.4. The number of halogens is 1. The highest BCUT2D eigenvalue weighted by molar-refractivity contribution is 6.02. The quantitative estimate of drug-likeness (QED) is 0.793. The lowest BCUT2D eigenvalue weighted by Crippen LogP contribution is -2.34. The molecule has 8 heteroatoms. The molecule has 1 N–H and O–H groups in total. The summed E-state index contributed by atoms with van der Waals surface area (Å²) in [6, 6.07) is 4.72. The normalized spacial score (nSPS) is 14.2. The Labute approximate surface area is 149 Å². The summed E-state index contributed by atoms with van der Waals surface area (Å²) in [6.07, 6.45) is 3.73. The first-order chi connectivity index (χ1) is 12.5. The molecule has 0 unspecified atom stereocenters. The van der Waals surface area contributed by atoms with Crippen molar-refractivity contribution in [2.45, 2.75) is 32.7 Å².